The number of amides is 1. The summed E-state index contributed by atoms with van der Waals surface area (Å²) in [5.41, 5.74) is 0.712. The van der Waals surface area contributed by atoms with Gasteiger partial charge >= 0.3 is 0 Å². The minimum absolute atomic E-state index is 0.119. The summed E-state index contributed by atoms with van der Waals surface area (Å²) < 4.78 is 5.16. The van der Waals surface area contributed by atoms with Crippen LogP contribution in [0.4, 0.5) is 0 Å². The van der Waals surface area contributed by atoms with Gasteiger partial charge in [0.2, 0.25) is 0 Å². The zero-order valence-corrected chi connectivity index (χ0v) is 9.32. The Labute approximate surface area is 90.1 Å². The van der Waals surface area contributed by atoms with E-state index in [0.717, 1.165) is 25.1 Å². The van der Waals surface area contributed by atoms with Crippen LogP contribution < -0.4 is 0 Å². The Morgan fingerprint density at radius 3 is 2.93 bits per heavy atom. The quantitative estimate of drug-likeness (QED) is 0.709. The summed E-state index contributed by atoms with van der Waals surface area (Å²) in [6, 6.07) is 2.12. The largest absolute Gasteiger partial charge is 0.469 e. The monoisotopic (exact) mass is 207 g/mol. The normalized spacial score (nSPS) is 21.7. The van der Waals surface area contributed by atoms with Crippen LogP contribution in [0, 0.1) is 6.92 Å². The Bertz CT molecular complexity index is 356. The molecule has 1 aromatic heterocycles. The summed E-state index contributed by atoms with van der Waals surface area (Å²) in [6.07, 6.45) is 5.04. The second-order valence-corrected chi connectivity index (χ2v) is 4.23. The molecule has 0 aliphatic carbocycles. The number of hydrogen-bond donors (Lipinski definition) is 0. The molecule has 3 nitrogen and oxygen atoms in total. The van der Waals surface area contributed by atoms with Crippen LogP contribution in [0.5, 0.6) is 0 Å². The van der Waals surface area contributed by atoms with Crippen molar-refractivity contribution in [3.8, 4) is 0 Å². The second kappa shape index (κ2) is 4.09. The van der Waals surface area contributed by atoms with Gasteiger partial charge in [-0.1, -0.05) is 0 Å². The summed E-state index contributed by atoms with van der Waals surface area (Å²) in [5.74, 6) is 0.839. The topological polar surface area (TPSA) is 33.5 Å². The molecular formula is C12H17NO2. The third-order valence-electron chi connectivity index (χ3n) is 3.15. The fourth-order valence-corrected chi connectivity index (χ4v) is 2.16. The lowest BCUT2D eigenvalue weighted by Crippen LogP contribution is -2.42. The minimum atomic E-state index is 0.119. The van der Waals surface area contributed by atoms with Crippen LogP contribution in [-0.4, -0.2) is 23.4 Å². The van der Waals surface area contributed by atoms with Crippen LogP contribution in [0.25, 0.3) is 0 Å². The molecule has 0 N–H and O–H groups in total. The highest BCUT2D eigenvalue weighted by atomic mass is 16.3. The van der Waals surface area contributed by atoms with E-state index in [1.165, 1.54) is 6.42 Å². The van der Waals surface area contributed by atoms with Crippen molar-refractivity contribution in [1.82, 2.24) is 4.90 Å². The molecule has 0 unspecified atom stereocenters. The Balaban J connectivity index is 2.17. The number of piperidine rings is 1. The first-order valence-corrected chi connectivity index (χ1v) is 5.55. The summed E-state index contributed by atoms with van der Waals surface area (Å²) in [4.78, 5) is 14.1. The highest BCUT2D eigenvalue weighted by Gasteiger charge is 2.25. The van der Waals surface area contributed by atoms with E-state index >= 15 is 0 Å². The van der Waals surface area contributed by atoms with Gasteiger partial charge in [-0.25, -0.2) is 0 Å². The maximum absolute atomic E-state index is 12.2. The Morgan fingerprint density at radius 2 is 2.33 bits per heavy atom. The first-order valence-electron chi connectivity index (χ1n) is 5.55. The molecule has 1 aliphatic heterocycles. The molecule has 1 aromatic rings. The average Bonchev–Trinajstić information content (AvgIpc) is 2.64. The summed E-state index contributed by atoms with van der Waals surface area (Å²) in [5, 5.41) is 0. The van der Waals surface area contributed by atoms with Gasteiger partial charge in [-0.2, -0.15) is 0 Å². The van der Waals surface area contributed by atoms with Gasteiger partial charge in [0.25, 0.3) is 5.91 Å². The van der Waals surface area contributed by atoms with Gasteiger partial charge in [0, 0.05) is 12.6 Å². The molecule has 0 saturated carbocycles. The van der Waals surface area contributed by atoms with Gasteiger partial charge in [-0.15, -0.1) is 0 Å². The molecule has 0 bridgehead atoms. The van der Waals surface area contributed by atoms with E-state index in [-0.39, 0.29) is 5.91 Å². The third kappa shape index (κ3) is 1.91. The van der Waals surface area contributed by atoms with E-state index in [4.69, 9.17) is 4.42 Å². The SMILES string of the molecule is Cc1occc1C(=O)N1CCCC[C@H]1C. The second-order valence-electron chi connectivity index (χ2n) is 4.23. The molecule has 1 aliphatic rings. The summed E-state index contributed by atoms with van der Waals surface area (Å²) >= 11 is 0. The zero-order valence-electron chi connectivity index (χ0n) is 9.32. The lowest BCUT2D eigenvalue weighted by atomic mass is 10.0. The van der Waals surface area contributed by atoms with Crippen LogP contribution in [-0.2, 0) is 0 Å². The maximum Gasteiger partial charge on any atom is 0.257 e. The van der Waals surface area contributed by atoms with E-state index in [9.17, 15) is 4.79 Å². The number of carbonyl (C=O) groups is 1. The maximum atomic E-state index is 12.2. The molecule has 1 fully saturated rings. The third-order valence-corrected chi connectivity index (χ3v) is 3.15. The zero-order chi connectivity index (χ0) is 10.8. The van der Waals surface area contributed by atoms with Crippen molar-refractivity contribution < 1.29 is 9.21 Å². The first kappa shape index (κ1) is 10.3. The fourth-order valence-electron chi connectivity index (χ4n) is 2.16. The summed E-state index contributed by atoms with van der Waals surface area (Å²) in [7, 11) is 0. The van der Waals surface area contributed by atoms with E-state index in [1.807, 2.05) is 11.8 Å². The lowest BCUT2D eigenvalue weighted by Gasteiger charge is -2.33. The van der Waals surface area contributed by atoms with Crippen molar-refractivity contribution in [1.29, 1.82) is 0 Å². The Hall–Kier alpha value is -1.25. The predicted molar refractivity (Wildman–Crippen MR) is 57.8 cm³/mol. The van der Waals surface area contributed by atoms with Crippen molar-refractivity contribution in [2.45, 2.75) is 39.2 Å². The van der Waals surface area contributed by atoms with E-state index in [1.54, 1.807) is 12.3 Å². The van der Waals surface area contributed by atoms with Gasteiger partial charge in [-0.05, 0) is 39.2 Å². The Morgan fingerprint density at radius 1 is 1.53 bits per heavy atom. The lowest BCUT2D eigenvalue weighted by molar-refractivity contribution is 0.0634. The average molecular weight is 207 g/mol. The van der Waals surface area contributed by atoms with Crippen molar-refractivity contribution in [2.24, 2.45) is 0 Å². The number of rotatable bonds is 1. The molecule has 3 heteroatoms. The number of likely N-dealkylation sites (tertiary alicyclic amines) is 1. The molecule has 2 heterocycles. The Kier molecular flexibility index (Phi) is 2.80. The number of hydrogen-bond acceptors (Lipinski definition) is 2. The van der Waals surface area contributed by atoms with Gasteiger partial charge in [-0.3, -0.25) is 4.79 Å². The van der Waals surface area contributed by atoms with E-state index in [0.29, 0.717) is 11.6 Å². The van der Waals surface area contributed by atoms with Crippen LogP contribution >= 0.6 is 0 Å². The molecule has 1 atom stereocenters. The van der Waals surface area contributed by atoms with Crippen LogP contribution in [0.2, 0.25) is 0 Å². The molecule has 82 valence electrons. The van der Waals surface area contributed by atoms with Gasteiger partial charge < -0.3 is 9.32 Å². The number of nitrogens with zero attached hydrogens (tertiary/aromatic N) is 1. The molecule has 15 heavy (non-hydrogen) atoms. The molecule has 2 rings (SSSR count). The molecular weight excluding hydrogens is 190 g/mol. The molecule has 1 saturated heterocycles. The van der Waals surface area contributed by atoms with Gasteiger partial charge in [0.15, 0.2) is 0 Å². The van der Waals surface area contributed by atoms with Crippen LogP contribution in [0.15, 0.2) is 16.7 Å². The fraction of sp³-hybridized carbons (Fsp3) is 0.583. The van der Waals surface area contributed by atoms with Crippen molar-refractivity contribution >= 4 is 5.91 Å². The van der Waals surface area contributed by atoms with Crippen LogP contribution in [0.3, 0.4) is 0 Å². The highest BCUT2D eigenvalue weighted by Crippen LogP contribution is 2.20. The standard InChI is InChI=1S/C12H17NO2/c1-9-5-3-4-7-13(9)12(14)11-6-8-15-10(11)2/h6,8-9H,3-5,7H2,1-2H3/t9-/m1/s1. The molecule has 0 spiro atoms. The van der Waals surface area contributed by atoms with Gasteiger partial charge in [0.1, 0.15) is 5.76 Å². The van der Waals surface area contributed by atoms with Gasteiger partial charge in [0.05, 0.1) is 11.8 Å². The first-order chi connectivity index (χ1) is 7.20. The van der Waals surface area contributed by atoms with E-state index in [2.05, 4.69) is 6.92 Å². The van der Waals surface area contributed by atoms with Crippen molar-refractivity contribution in [3.05, 3.63) is 23.7 Å². The van der Waals surface area contributed by atoms with Crippen LogP contribution in [0.1, 0.15) is 42.3 Å². The van der Waals surface area contributed by atoms with Crippen molar-refractivity contribution in [2.75, 3.05) is 6.54 Å². The van der Waals surface area contributed by atoms with Crippen molar-refractivity contribution in [3.63, 3.8) is 0 Å². The number of aryl methyl sites for hydroxylation is 1. The summed E-state index contributed by atoms with van der Waals surface area (Å²) in [6.45, 7) is 4.83. The number of carbonyl (C=O) groups excluding carboxylic acids is 1. The highest BCUT2D eigenvalue weighted by molar-refractivity contribution is 5.95. The molecule has 1 amide bonds. The van der Waals surface area contributed by atoms with E-state index < -0.39 is 0 Å². The molecule has 0 radical (unpaired) electrons. The predicted octanol–water partition coefficient (Wildman–Crippen LogP) is 2.60. The molecule has 0 aromatic carbocycles. The smallest absolute Gasteiger partial charge is 0.257 e. The number of furan rings is 1. The minimum Gasteiger partial charge on any atom is -0.469 e.